The number of thiophene rings is 1. The molecule has 1 heterocycles. The molecular formula is C9H14BrNO2S. The highest BCUT2D eigenvalue weighted by Crippen LogP contribution is 2.21. The Labute approximate surface area is 95.9 Å². The van der Waals surface area contributed by atoms with E-state index in [2.05, 4.69) is 21.2 Å². The number of rotatable bonds is 6. The van der Waals surface area contributed by atoms with Gasteiger partial charge in [-0.25, -0.2) is 0 Å². The lowest BCUT2D eigenvalue weighted by atomic mass is 10.2. The first-order chi connectivity index (χ1) is 6.76. The Hall–Kier alpha value is 0.0600. The highest BCUT2D eigenvalue weighted by molar-refractivity contribution is 9.11. The fraction of sp³-hybridized carbons (Fsp3) is 0.556. The van der Waals surface area contributed by atoms with Gasteiger partial charge in [0, 0.05) is 24.1 Å². The lowest BCUT2D eigenvalue weighted by molar-refractivity contribution is 0.200. The SMILES string of the molecule is OCCC(CO)NCc1ccc(Br)s1. The van der Waals surface area contributed by atoms with Crippen LogP contribution in [0.2, 0.25) is 0 Å². The summed E-state index contributed by atoms with van der Waals surface area (Å²) in [4.78, 5) is 1.22. The zero-order valence-electron chi connectivity index (χ0n) is 7.74. The third-order valence-corrected chi connectivity index (χ3v) is 3.52. The summed E-state index contributed by atoms with van der Waals surface area (Å²) < 4.78 is 1.11. The van der Waals surface area contributed by atoms with Gasteiger partial charge in [-0.1, -0.05) is 0 Å². The zero-order chi connectivity index (χ0) is 10.4. The van der Waals surface area contributed by atoms with Gasteiger partial charge in [0.15, 0.2) is 0 Å². The van der Waals surface area contributed by atoms with Crippen LogP contribution < -0.4 is 5.32 Å². The minimum absolute atomic E-state index is 0.0131. The van der Waals surface area contributed by atoms with Gasteiger partial charge in [-0.15, -0.1) is 11.3 Å². The van der Waals surface area contributed by atoms with Gasteiger partial charge in [-0.2, -0.15) is 0 Å². The molecule has 3 nitrogen and oxygen atoms in total. The molecule has 0 aromatic carbocycles. The van der Waals surface area contributed by atoms with E-state index in [0.717, 1.165) is 10.3 Å². The van der Waals surface area contributed by atoms with Crippen molar-refractivity contribution in [2.45, 2.75) is 19.0 Å². The van der Waals surface area contributed by atoms with E-state index in [4.69, 9.17) is 10.2 Å². The molecule has 0 aliphatic heterocycles. The van der Waals surface area contributed by atoms with Crippen molar-refractivity contribution in [1.82, 2.24) is 5.32 Å². The van der Waals surface area contributed by atoms with Gasteiger partial charge in [-0.05, 0) is 34.5 Å². The van der Waals surface area contributed by atoms with Crippen molar-refractivity contribution < 1.29 is 10.2 Å². The van der Waals surface area contributed by atoms with Gasteiger partial charge in [0.1, 0.15) is 0 Å². The molecular weight excluding hydrogens is 266 g/mol. The Morgan fingerprint density at radius 1 is 1.43 bits per heavy atom. The molecule has 14 heavy (non-hydrogen) atoms. The quantitative estimate of drug-likeness (QED) is 0.737. The molecule has 5 heteroatoms. The first kappa shape index (κ1) is 12.1. The summed E-state index contributed by atoms with van der Waals surface area (Å²) in [5.41, 5.74) is 0. The normalized spacial score (nSPS) is 13.1. The van der Waals surface area contributed by atoms with Crippen molar-refractivity contribution in [3.8, 4) is 0 Å². The summed E-state index contributed by atoms with van der Waals surface area (Å²) in [6, 6.07) is 4.03. The number of aliphatic hydroxyl groups is 2. The summed E-state index contributed by atoms with van der Waals surface area (Å²) in [6.07, 6.45) is 0.586. The van der Waals surface area contributed by atoms with Crippen LogP contribution in [0.25, 0.3) is 0 Å². The second-order valence-electron chi connectivity index (χ2n) is 2.98. The summed E-state index contributed by atoms with van der Waals surface area (Å²) in [5.74, 6) is 0. The van der Waals surface area contributed by atoms with Gasteiger partial charge in [0.25, 0.3) is 0 Å². The first-order valence-corrected chi connectivity index (χ1v) is 6.06. The van der Waals surface area contributed by atoms with Crippen molar-refractivity contribution >= 4 is 27.3 Å². The van der Waals surface area contributed by atoms with E-state index in [0.29, 0.717) is 6.42 Å². The highest BCUT2D eigenvalue weighted by Gasteiger charge is 2.06. The van der Waals surface area contributed by atoms with Gasteiger partial charge < -0.3 is 15.5 Å². The summed E-state index contributed by atoms with van der Waals surface area (Å²) in [5, 5.41) is 20.9. The minimum atomic E-state index is -0.0131. The Kier molecular flexibility index (Phi) is 5.66. The Morgan fingerprint density at radius 2 is 2.21 bits per heavy atom. The standard InChI is InChI=1S/C9H14BrNO2S/c10-9-2-1-8(14-9)5-11-7(6-13)3-4-12/h1-2,7,11-13H,3-6H2. The van der Waals surface area contributed by atoms with Crippen molar-refractivity contribution in [2.75, 3.05) is 13.2 Å². The molecule has 0 bridgehead atoms. The van der Waals surface area contributed by atoms with E-state index in [-0.39, 0.29) is 19.3 Å². The van der Waals surface area contributed by atoms with Crippen LogP contribution in [0.15, 0.2) is 15.9 Å². The van der Waals surface area contributed by atoms with E-state index >= 15 is 0 Å². The zero-order valence-corrected chi connectivity index (χ0v) is 10.1. The smallest absolute Gasteiger partial charge is 0.0701 e. The average Bonchev–Trinajstić information content (AvgIpc) is 2.59. The highest BCUT2D eigenvalue weighted by atomic mass is 79.9. The molecule has 0 saturated carbocycles. The predicted octanol–water partition coefficient (Wildman–Crippen LogP) is 1.34. The van der Waals surface area contributed by atoms with E-state index < -0.39 is 0 Å². The third-order valence-electron chi connectivity index (χ3n) is 1.89. The molecule has 0 aliphatic rings. The molecule has 1 atom stereocenters. The number of hydrogen-bond acceptors (Lipinski definition) is 4. The first-order valence-electron chi connectivity index (χ1n) is 4.45. The van der Waals surface area contributed by atoms with Crippen LogP contribution in [-0.2, 0) is 6.54 Å². The largest absolute Gasteiger partial charge is 0.396 e. The lowest BCUT2D eigenvalue weighted by Gasteiger charge is -2.13. The Morgan fingerprint density at radius 3 is 2.71 bits per heavy atom. The van der Waals surface area contributed by atoms with Crippen molar-refractivity contribution in [1.29, 1.82) is 0 Å². The van der Waals surface area contributed by atoms with Crippen LogP contribution in [0.4, 0.5) is 0 Å². The van der Waals surface area contributed by atoms with Gasteiger partial charge in [-0.3, -0.25) is 0 Å². The van der Waals surface area contributed by atoms with Gasteiger partial charge in [0.2, 0.25) is 0 Å². The molecule has 80 valence electrons. The van der Waals surface area contributed by atoms with Crippen molar-refractivity contribution in [2.24, 2.45) is 0 Å². The molecule has 1 rings (SSSR count). The van der Waals surface area contributed by atoms with E-state index in [9.17, 15) is 0 Å². The van der Waals surface area contributed by atoms with E-state index in [1.54, 1.807) is 11.3 Å². The third kappa shape index (κ3) is 4.06. The number of halogens is 1. The van der Waals surface area contributed by atoms with Crippen LogP contribution in [0, 0.1) is 0 Å². The van der Waals surface area contributed by atoms with E-state index in [1.807, 2.05) is 12.1 Å². The fourth-order valence-corrected chi connectivity index (χ4v) is 2.54. The summed E-state index contributed by atoms with van der Waals surface area (Å²) in [6.45, 7) is 0.904. The minimum Gasteiger partial charge on any atom is -0.396 e. The summed E-state index contributed by atoms with van der Waals surface area (Å²) in [7, 11) is 0. The molecule has 0 spiro atoms. The van der Waals surface area contributed by atoms with Crippen molar-refractivity contribution in [3.63, 3.8) is 0 Å². The Bertz CT molecular complexity index is 267. The van der Waals surface area contributed by atoms with Gasteiger partial charge in [0.05, 0.1) is 10.4 Å². The molecule has 1 aromatic heterocycles. The average molecular weight is 280 g/mol. The second-order valence-corrected chi connectivity index (χ2v) is 5.53. The van der Waals surface area contributed by atoms with Crippen LogP contribution in [0.1, 0.15) is 11.3 Å². The van der Waals surface area contributed by atoms with Crippen molar-refractivity contribution in [3.05, 3.63) is 20.8 Å². The van der Waals surface area contributed by atoms with Crippen LogP contribution in [0.3, 0.4) is 0 Å². The molecule has 0 fully saturated rings. The maximum absolute atomic E-state index is 8.96. The maximum Gasteiger partial charge on any atom is 0.0701 e. The molecule has 0 amide bonds. The Balaban J connectivity index is 2.31. The topological polar surface area (TPSA) is 52.5 Å². The molecule has 1 aromatic rings. The maximum atomic E-state index is 8.96. The van der Waals surface area contributed by atoms with Gasteiger partial charge >= 0.3 is 0 Å². The fourth-order valence-electron chi connectivity index (χ4n) is 1.11. The second kappa shape index (κ2) is 6.53. The monoisotopic (exact) mass is 279 g/mol. The van der Waals surface area contributed by atoms with Crippen LogP contribution in [0.5, 0.6) is 0 Å². The molecule has 3 N–H and O–H groups in total. The lowest BCUT2D eigenvalue weighted by Crippen LogP contribution is -2.32. The number of nitrogens with one attached hydrogen (secondary N) is 1. The molecule has 0 aliphatic carbocycles. The summed E-state index contributed by atoms with van der Waals surface area (Å²) >= 11 is 5.06. The number of aliphatic hydroxyl groups excluding tert-OH is 2. The van der Waals surface area contributed by atoms with E-state index in [1.165, 1.54) is 4.88 Å². The molecule has 0 radical (unpaired) electrons. The van der Waals surface area contributed by atoms with Crippen LogP contribution in [-0.4, -0.2) is 29.5 Å². The molecule has 1 unspecified atom stereocenters. The van der Waals surface area contributed by atoms with Crippen LogP contribution >= 0.6 is 27.3 Å². The number of hydrogen-bond donors (Lipinski definition) is 3. The molecule has 0 saturated heterocycles. The predicted molar refractivity (Wildman–Crippen MR) is 61.4 cm³/mol.